The van der Waals surface area contributed by atoms with Crippen molar-refractivity contribution < 1.29 is 0 Å². The highest BCUT2D eigenvalue weighted by Crippen LogP contribution is 2.08. The van der Waals surface area contributed by atoms with Gasteiger partial charge in [0.2, 0.25) is 0 Å². The molecule has 0 atom stereocenters. The minimum absolute atomic E-state index is 0.576. The summed E-state index contributed by atoms with van der Waals surface area (Å²) in [5.74, 6) is 2.24. The van der Waals surface area contributed by atoms with Gasteiger partial charge in [-0.25, -0.2) is 0 Å². The molecule has 0 spiro atoms. The molecule has 1 aliphatic heterocycles. The van der Waals surface area contributed by atoms with Crippen molar-refractivity contribution >= 4 is 6.71 Å². The van der Waals surface area contributed by atoms with E-state index in [9.17, 15) is 0 Å². The van der Waals surface area contributed by atoms with Crippen LogP contribution in [0, 0.1) is 6.32 Å². The average molecular weight is 167 g/mol. The quantitative estimate of drug-likeness (QED) is 0.594. The second-order valence-electron chi connectivity index (χ2n) is 3.32. The Bertz CT molecular complexity index is 311. The fraction of sp³-hybridized carbons (Fsp3) is 0.0833. The molecule has 0 saturated carbocycles. The average Bonchev–Trinajstić information content (AvgIpc) is 2.21. The Morgan fingerprint density at radius 2 is 1.77 bits per heavy atom. The molecule has 0 bridgehead atoms. The minimum atomic E-state index is 0.576. The Kier molecular flexibility index (Phi) is 2.66. The Hall–Kier alpha value is -1.24. The van der Waals surface area contributed by atoms with Crippen molar-refractivity contribution in [3.8, 4) is 0 Å². The van der Waals surface area contributed by atoms with Gasteiger partial charge >= 0.3 is 0 Å². The van der Waals surface area contributed by atoms with E-state index >= 15 is 0 Å². The molecule has 0 saturated heterocycles. The summed E-state index contributed by atoms with van der Waals surface area (Å²) in [6.07, 6.45) is 9.66. The third-order valence-corrected chi connectivity index (χ3v) is 2.25. The van der Waals surface area contributed by atoms with Gasteiger partial charge in [0.1, 0.15) is 0 Å². The smallest absolute Gasteiger partial charge is 0.114 e. The van der Waals surface area contributed by atoms with Crippen LogP contribution < -0.4 is 0 Å². The third kappa shape index (κ3) is 2.35. The van der Waals surface area contributed by atoms with Crippen LogP contribution in [-0.2, 0) is 6.32 Å². The summed E-state index contributed by atoms with van der Waals surface area (Å²) >= 11 is 0. The zero-order valence-corrected chi connectivity index (χ0v) is 7.56. The van der Waals surface area contributed by atoms with Crippen molar-refractivity contribution in [2.45, 2.75) is 6.32 Å². The van der Waals surface area contributed by atoms with Gasteiger partial charge in [-0.3, -0.25) is 0 Å². The molecule has 0 N–H and O–H groups in total. The zero-order valence-electron chi connectivity index (χ0n) is 7.56. The van der Waals surface area contributed by atoms with Crippen molar-refractivity contribution in [3.63, 3.8) is 0 Å². The molecule has 13 heavy (non-hydrogen) atoms. The fourth-order valence-corrected chi connectivity index (χ4v) is 1.56. The first-order valence-electron chi connectivity index (χ1n) is 4.67. The number of rotatable bonds is 2. The van der Waals surface area contributed by atoms with Crippen LogP contribution in [0.1, 0.15) is 5.56 Å². The number of hydrogen-bond donors (Lipinski definition) is 0. The van der Waals surface area contributed by atoms with E-state index in [2.05, 4.69) is 60.9 Å². The predicted molar refractivity (Wildman–Crippen MR) is 58.5 cm³/mol. The molecule has 1 radical (unpaired) electrons. The molecule has 0 unspecified atom stereocenters. The van der Waals surface area contributed by atoms with Crippen LogP contribution in [0.3, 0.4) is 0 Å². The first kappa shape index (κ1) is 8.37. The van der Waals surface area contributed by atoms with Gasteiger partial charge in [-0.1, -0.05) is 54.1 Å². The largest absolute Gasteiger partial charge is 0.177 e. The number of allylic oxidation sites excluding steroid dienone is 3. The van der Waals surface area contributed by atoms with Gasteiger partial charge in [-0.15, -0.1) is 5.98 Å². The van der Waals surface area contributed by atoms with Gasteiger partial charge in [-0.2, -0.15) is 0 Å². The zero-order chi connectivity index (χ0) is 8.93. The minimum Gasteiger partial charge on any atom is -0.114 e. The SMILES string of the molecule is [CH]1C=CC=CB1Cc1ccccc1. The van der Waals surface area contributed by atoms with E-state index in [1.807, 2.05) is 0 Å². The highest BCUT2D eigenvalue weighted by Gasteiger charge is 2.10. The van der Waals surface area contributed by atoms with Crippen molar-refractivity contribution in [2.24, 2.45) is 0 Å². The van der Waals surface area contributed by atoms with Crippen LogP contribution in [-0.4, -0.2) is 6.71 Å². The van der Waals surface area contributed by atoms with Gasteiger partial charge in [0.15, 0.2) is 6.71 Å². The van der Waals surface area contributed by atoms with Crippen molar-refractivity contribution in [2.75, 3.05) is 0 Å². The summed E-state index contributed by atoms with van der Waals surface area (Å²) in [5, 5.41) is 0. The molecule has 0 aliphatic carbocycles. The van der Waals surface area contributed by atoms with Gasteiger partial charge in [0.05, 0.1) is 0 Å². The van der Waals surface area contributed by atoms with E-state index in [4.69, 9.17) is 0 Å². The highest BCUT2D eigenvalue weighted by molar-refractivity contribution is 6.68. The summed E-state index contributed by atoms with van der Waals surface area (Å²) in [6, 6.07) is 10.6. The standard InChI is InChI=1S/C12H12B/c1-3-7-12(8-4-1)11-13-9-5-2-6-10-13/h1-10H,11H2. The summed E-state index contributed by atoms with van der Waals surface area (Å²) < 4.78 is 0. The number of hydrogen-bond acceptors (Lipinski definition) is 0. The maximum absolute atomic E-state index is 2.24. The summed E-state index contributed by atoms with van der Waals surface area (Å²) in [4.78, 5) is 0. The molecule has 0 fully saturated rings. The molecule has 1 heterocycles. The molecular weight excluding hydrogens is 155 g/mol. The lowest BCUT2D eigenvalue weighted by atomic mass is 9.43. The van der Waals surface area contributed by atoms with Gasteiger partial charge in [0, 0.05) is 0 Å². The second-order valence-corrected chi connectivity index (χ2v) is 3.32. The van der Waals surface area contributed by atoms with E-state index in [1.54, 1.807) is 0 Å². The van der Waals surface area contributed by atoms with Gasteiger partial charge < -0.3 is 0 Å². The lowest BCUT2D eigenvalue weighted by Gasteiger charge is -2.08. The van der Waals surface area contributed by atoms with Crippen LogP contribution in [0.2, 0.25) is 0 Å². The highest BCUT2D eigenvalue weighted by atomic mass is 13.9. The normalized spacial score (nSPS) is 14.9. The predicted octanol–water partition coefficient (Wildman–Crippen LogP) is 2.67. The fourth-order valence-electron chi connectivity index (χ4n) is 1.56. The molecule has 0 nitrogen and oxygen atoms in total. The molecule has 1 aliphatic rings. The Labute approximate surface area is 80.1 Å². The maximum atomic E-state index is 2.24. The van der Waals surface area contributed by atoms with E-state index < -0.39 is 0 Å². The molecule has 1 heteroatoms. The summed E-state index contributed by atoms with van der Waals surface area (Å²) in [7, 11) is 0. The van der Waals surface area contributed by atoms with Crippen LogP contribution in [0.15, 0.2) is 54.5 Å². The Balaban J connectivity index is 1.99. The molecule has 1 aromatic carbocycles. The first-order chi connectivity index (χ1) is 6.45. The monoisotopic (exact) mass is 167 g/mol. The van der Waals surface area contributed by atoms with E-state index in [1.165, 1.54) is 5.56 Å². The van der Waals surface area contributed by atoms with Gasteiger partial charge in [-0.05, 0) is 12.6 Å². The van der Waals surface area contributed by atoms with Crippen molar-refractivity contribution in [1.29, 1.82) is 0 Å². The lowest BCUT2D eigenvalue weighted by molar-refractivity contribution is 1.36. The van der Waals surface area contributed by atoms with Crippen molar-refractivity contribution in [1.82, 2.24) is 0 Å². The Morgan fingerprint density at radius 3 is 2.46 bits per heavy atom. The van der Waals surface area contributed by atoms with E-state index in [0.29, 0.717) is 6.71 Å². The van der Waals surface area contributed by atoms with E-state index in [0.717, 1.165) is 6.32 Å². The van der Waals surface area contributed by atoms with Crippen LogP contribution in [0.5, 0.6) is 0 Å². The van der Waals surface area contributed by atoms with E-state index in [-0.39, 0.29) is 0 Å². The van der Waals surface area contributed by atoms with Crippen molar-refractivity contribution in [3.05, 3.63) is 66.4 Å². The van der Waals surface area contributed by atoms with Crippen LogP contribution in [0.25, 0.3) is 0 Å². The molecule has 2 rings (SSSR count). The summed E-state index contributed by atoms with van der Waals surface area (Å²) in [6.45, 7) is 0.576. The first-order valence-corrected chi connectivity index (χ1v) is 4.67. The molecule has 0 aromatic heterocycles. The Morgan fingerprint density at radius 1 is 0.923 bits per heavy atom. The lowest BCUT2D eigenvalue weighted by Crippen LogP contribution is -2.15. The van der Waals surface area contributed by atoms with Gasteiger partial charge in [0.25, 0.3) is 0 Å². The molecule has 1 aromatic rings. The second kappa shape index (κ2) is 4.13. The topological polar surface area (TPSA) is 0 Å². The molecular formula is C12H12B. The third-order valence-electron chi connectivity index (χ3n) is 2.25. The maximum Gasteiger partial charge on any atom is 0.177 e. The van der Waals surface area contributed by atoms with Crippen LogP contribution in [0.4, 0.5) is 0 Å². The molecule has 0 amide bonds. The van der Waals surface area contributed by atoms with Crippen LogP contribution >= 0.6 is 0 Å². The molecule has 63 valence electrons. The number of benzene rings is 1. The summed E-state index contributed by atoms with van der Waals surface area (Å²) in [5.41, 5.74) is 1.41.